The van der Waals surface area contributed by atoms with Crippen LogP contribution in [0.5, 0.6) is 0 Å². The van der Waals surface area contributed by atoms with E-state index >= 15 is 0 Å². The monoisotopic (exact) mass is 202 g/mol. The van der Waals surface area contributed by atoms with E-state index in [1.54, 1.807) is 0 Å². The Morgan fingerprint density at radius 1 is 1.47 bits per heavy atom. The summed E-state index contributed by atoms with van der Waals surface area (Å²) in [5.41, 5.74) is 2.02. The summed E-state index contributed by atoms with van der Waals surface area (Å²) < 4.78 is 1.83. The van der Waals surface area contributed by atoms with Gasteiger partial charge in [-0.2, -0.15) is 15.6 Å². The van der Waals surface area contributed by atoms with Gasteiger partial charge in [0, 0.05) is 12.1 Å². The van der Waals surface area contributed by atoms with Crippen LogP contribution in [0.1, 0.15) is 24.2 Å². The Kier molecular flexibility index (Phi) is 3.88. The Morgan fingerprint density at radius 3 is 2.67 bits per heavy atom. The highest BCUT2D eigenvalue weighted by atomic mass is 15.3. The summed E-state index contributed by atoms with van der Waals surface area (Å²) in [6, 6.07) is 6.25. The average Bonchev–Trinajstić information content (AvgIpc) is 2.52. The second-order valence-electron chi connectivity index (χ2n) is 3.63. The molecule has 0 saturated carbocycles. The van der Waals surface area contributed by atoms with E-state index in [1.165, 1.54) is 0 Å². The van der Waals surface area contributed by atoms with Gasteiger partial charge >= 0.3 is 0 Å². The smallest absolute Gasteiger partial charge is 0.0675 e. The lowest BCUT2D eigenvalue weighted by molar-refractivity contribution is 0.467. The number of hydrogen-bond donors (Lipinski definition) is 0. The molecule has 0 amide bonds. The van der Waals surface area contributed by atoms with Gasteiger partial charge in [0.2, 0.25) is 0 Å². The zero-order valence-electron chi connectivity index (χ0n) is 9.06. The maximum absolute atomic E-state index is 8.91. The van der Waals surface area contributed by atoms with Crippen LogP contribution in [0.4, 0.5) is 0 Å². The summed E-state index contributed by atoms with van der Waals surface area (Å²) in [5, 5.41) is 21.7. The summed E-state index contributed by atoms with van der Waals surface area (Å²) in [6.45, 7) is 4.48. The molecule has 1 atom stereocenters. The first-order valence-electron chi connectivity index (χ1n) is 4.95. The molecule has 1 aromatic rings. The summed E-state index contributed by atoms with van der Waals surface area (Å²) in [6.07, 6.45) is 1.04. The predicted molar refractivity (Wildman–Crippen MR) is 55.7 cm³/mol. The van der Waals surface area contributed by atoms with Crippen molar-refractivity contribution in [2.75, 3.05) is 0 Å². The largest absolute Gasteiger partial charge is 0.268 e. The average molecular weight is 202 g/mol. The molecule has 0 N–H and O–H groups in total. The highest BCUT2D eigenvalue weighted by Gasteiger charge is 2.10. The van der Waals surface area contributed by atoms with Crippen molar-refractivity contribution in [2.45, 2.75) is 33.2 Å². The molecule has 0 radical (unpaired) electrons. The van der Waals surface area contributed by atoms with Crippen LogP contribution in [0.25, 0.3) is 0 Å². The fourth-order valence-corrected chi connectivity index (χ4v) is 1.50. The molecule has 15 heavy (non-hydrogen) atoms. The number of nitriles is 2. The molecule has 4 heteroatoms. The molecule has 1 rings (SSSR count). The fraction of sp³-hybridized carbons (Fsp3) is 0.545. The van der Waals surface area contributed by atoms with Gasteiger partial charge in [0.15, 0.2) is 0 Å². The molecule has 0 unspecified atom stereocenters. The first-order chi connectivity index (χ1) is 7.17. The lowest BCUT2D eigenvalue weighted by Gasteiger charge is -2.08. The minimum absolute atomic E-state index is 0.123. The van der Waals surface area contributed by atoms with Gasteiger partial charge in [-0.25, -0.2) is 0 Å². The molecular weight excluding hydrogens is 188 g/mol. The van der Waals surface area contributed by atoms with Gasteiger partial charge in [-0.1, -0.05) is 0 Å². The van der Waals surface area contributed by atoms with E-state index in [9.17, 15) is 0 Å². The third-order valence-electron chi connectivity index (χ3n) is 2.28. The van der Waals surface area contributed by atoms with Crippen LogP contribution in [0.15, 0.2) is 6.07 Å². The van der Waals surface area contributed by atoms with E-state index in [-0.39, 0.29) is 5.92 Å². The second kappa shape index (κ2) is 5.17. The van der Waals surface area contributed by atoms with Crippen molar-refractivity contribution in [1.82, 2.24) is 9.78 Å². The van der Waals surface area contributed by atoms with Crippen molar-refractivity contribution in [3.05, 3.63) is 17.5 Å². The Labute approximate surface area is 89.7 Å². The Bertz CT molecular complexity index is 405. The SMILES string of the molecule is Cc1cc(C)n(C[C@@H](C#N)CCC#N)n1. The third-order valence-corrected chi connectivity index (χ3v) is 2.28. The minimum Gasteiger partial charge on any atom is -0.268 e. The first kappa shape index (κ1) is 11.3. The van der Waals surface area contributed by atoms with E-state index in [0.29, 0.717) is 19.4 Å². The van der Waals surface area contributed by atoms with Crippen LogP contribution in [0.3, 0.4) is 0 Å². The van der Waals surface area contributed by atoms with Gasteiger partial charge in [0.25, 0.3) is 0 Å². The first-order valence-corrected chi connectivity index (χ1v) is 4.95. The van der Waals surface area contributed by atoms with Crippen LogP contribution in [0, 0.1) is 42.4 Å². The highest BCUT2D eigenvalue weighted by Crippen LogP contribution is 2.10. The van der Waals surface area contributed by atoms with Crippen LogP contribution in [0.2, 0.25) is 0 Å². The van der Waals surface area contributed by atoms with Crippen LogP contribution in [-0.2, 0) is 6.54 Å². The van der Waals surface area contributed by atoms with E-state index < -0.39 is 0 Å². The van der Waals surface area contributed by atoms with Crippen molar-refractivity contribution in [2.24, 2.45) is 5.92 Å². The quantitative estimate of drug-likeness (QED) is 0.749. The molecule has 0 aliphatic carbocycles. The maximum Gasteiger partial charge on any atom is 0.0675 e. The van der Waals surface area contributed by atoms with Gasteiger partial charge in [-0.15, -0.1) is 0 Å². The Morgan fingerprint density at radius 2 is 2.20 bits per heavy atom. The zero-order chi connectivity index (χ0) is 11.3. The molecule has 0 aliphatic heterocycles. The molecular formula is C11H14N4. The molecule has 1 aromatic heterocycles. The number of rotatable bonds is 4. The maximum atomic E-state index is 8.91. The number of aromatic nitrogens is 2. The highest BCUT2D eigenvalue weighted by molar-refractivity contribution is 5.07. The summed E-state index contributed by atoms with van der Waals surface area (Å²) in [5.74, 6) is -0.123. The van der Waals surface area contributed by atoms with Crippen molar-refractivity contribution in [3.63, 3.8) is 0 Å². The van der Waals surface area contributed by atoms with Gasteiger partial charge in [0.05, 0.1) is 30.3 Å². The summed E-state index contributed by atoms with van der Waals surface area (Å²) in [7, 11) is 0. The van der Waals surface area contributed by atoms with Gasteiger partial charge < -0.3 is 0 Å². The lowest BCUT2D eigenvalue weighted by Crippen LogP contribution is -2.11. The van der Waals surface area contributed by atoms with Crippen LogP contribution < -0.4 is 0 Å². The van der Waals surface area contributed by atoms with Crippen LogP contribution >= 0.6 is 0 Å². The predicted octanol–water partition coefficient (Wildman–Crippen LogP) is 1.94. The minimum atomic E-state index is -0.123. The molecule has 4 nitrogen and oxygen atoms in total. The van der Waals surface area contributed by atoms with Crippen molar-refractivity contribution >= 4 is 0 Å². The van der Waals surface area contributed by atoms with Gasteiger partial charge in [-0.05, 0) is 26.3 Å². The topological polar surface area (TPSA) is 65.4 Å². The Hall–Kier alpha value is -1.81. The van der Waals surface area contributed by atoms with E-state index in [2.05, 4.69) is 17.2 Å². The number of aryl methyl sites for hydroxylation is 2. The van der Waals surface area contributed by atoms with E-state index in [1.807, 2.05) is 24.6 Å². The molecule has 0 bridgehead atoms. The van der Waals surface area contributed by atoms with Crippen LogP contribution in [-0.4, -0.2) is 9.78 Å². The summed E-state index contributed by atoms with van der Waals surface area (Å²) >= 11 is 0. The van der Waals surface area contributed by atoms with Crippen molar-refractivity contribution < 1.29 is 0 Å². The Balaban J connectivity index is 2.64. The molecule has 0 aromatic carbocycles. The normalized spacial score (nSPS) is 11.7. The molecule has 0 aliphatic rings. The second-order valence-corrected chi connectivity index (χ2v) is 3.63. The molecule has 0 spiro atoms. The molecule has 0 fully saturated rings. The number of nitrogens with zero attached hydrogens (tertiary/aromatic N) is 4. The third kappa shape index (κ3) is 3.11. The van der Waals surface area contributed by atoms with E-state index in [4.69, 9.17) is 10.5 Å². The zero-order valence-corrected chi connectivity index (χ0v) is 9.06. The van der Waals surface area contributed by atoms with Gasteiger partial charge in [-0.3, -0.25) is 4.68 Å². The number of hydrogen-bond acceptors (Lipinski definition) is 3. The van der Waals surface area contributed by atoms with Crippen molar-refractivity contribution in [1.29, 1.82) is 10.5 Å². The lowest BCUT2D eigenvalue weighted by atomic mass is 10.1. The molecule has 78 valence electrons. The molecule has 1 heterocycles. The summed E-state index contributed by atoms with van der Waals surface area (Å²) in [4.78, 5) is 0. The van der Waals surface area contributed by atoms with Gasteiger partial charge in [0.1, 0.15) is 0 Å². The van der Waals surface area contributed by atoms with E-state index in [0.717, 1.165) is 11.4 Å². The molecule has 0 saturated heterocycles. The standard InChI is InChI=1S/C11H14N4/c1-9-6-10(2)15(14-9)8-11(7-13)4-3-5-12/h6,11H,3-4,8H2,1-2H3/t11-/m1/s1. The van der Waals surface area contributed by atoms with Crippen molar-refractivity contribution in [3.8, 4) is 12.1 Å². The fourth-order valence-electron chi connectivity index (χ4n) is 1.50.